The quantitative estimate of drug-likeness (QED) is 0.833. The minimum atomic E-state index is -3.74. The molecular weight excluding hydrogens is 276 g/mol. The highest BCUT2D eigenvalue weighted by molar-refractivity contribution is 7.92. The number of nitrogens with one attached hydrogen (secondary N) is 1. The highest BCUT2D eigenvalue weighted by atomic mass is 35.5. The van der Waals surface area contributed by atoms with Crippen LogP contribution in [0.3, 0.4) is 0 Å². The van der Waals surface area contributed by atoms with E-state index in [2.05, 4.69) is 14.9 Å². The largest absolute Gasteiger partial charge is 0.397 e. The average Bonchev–Trinajstić information content (AvgIpc) is 2.33. The van der Waals surface area contributed by atoms with Crippen molar-refractivity contribution >= 4 is 33.1 Å². The number of rotatable bonds is 3. The topological polar surface area (TPSA) is 98.0 Å². The number of hydrogen-bond donors (Lipinski definition) is 2. The molecule has 0 fully saturated rings. The first-order chi connectivity index (χ1) is 8.49. The predicted molar refractivity (Wildman–Crippen MR) is 68.7 cm³/mol. The molecule has 8 heteroatoms. The Balaban J connectivity index is 2.34. The molecule has 0 aliphatic heterocycles. The molecule has 0 bridgehead atoms. The second kappa shape index (κ2) is 4.79. The molecule has 1 heterocycles. The molecule has 0 unspecified atom stereocenters. The lowest BCUT2D eigenvalue weighted by Gasteiger charge is -2.07. The van der Waals surface area contributed by atoms with E-state index >= 15 is 0 Å². The number of aromatic nitrogens is 2. The molecular formula is C10H9ClN4O2S. The van der Waals surface area contributed by atoms with Gasteiger partial charge >= 0.3 is 0 Å². The number of halogens is 1. The zero-order chi connectivity index (χ0) is 13.2. The average molecular weight is 285 g/mol. The lowest BCUT2D eigenvalue weighted by Crippen LogP contribution is -2.14. The van der Waals surface area contributed by atoms with Crippen LogP contribution in [0.1, 0.15) is 0 Å². The van der Waals surface area contributed by atoms with Crippen LogP contribution in [0.2, 0.25) is 5.02 Å². The standard InChI is InChI=1S/C10H9ClN4O2S/c11-8-4-3-7(6-9(8)12)18(16,17)15-10-2-1-5-13-14-10/h1-6H,12H2,(H,14,15). The summed E-state index contributed by atoms with van der Waals surface area (Å²) in [6.45, 7) is 0. The summed E-state index contributed by atoms with van der Waals surface area (Å²) in [6, 6.07) is 7.12. The van der Waals surface area contributed by atoms with Crippen molar-refractivity contribution in [3.8, 4) is 0 Å². The number of anilines is 2. The van der Waals surface area contributed by atoms with Crippen LogP contribution in [0.15, 0.2) is 41.4 Å². The fraction of sp³-hybridized carbons (Fsp3) is 0. The van der Waals surface area contributed by atoms with Gasteiger partial charge in [-0.05, 0) is 30.3 Å². The van der Waals surface area contributed by atoms with Gasteiger partial charge in [-0.3, -0.25) is 4.72 Å². The van der Waals surface area contributed by atoms with Crippen LogP contribution >= 0.6 is 11.6 Å². The Morgan fingerprint density at radius 2 is 2.06 bits per heavy atom. The van der Waals surface area contributed by atoms with Gasteiger partial charge in [0, 0.05) is 6.20 Å². The van der Waals surface area contributed by atoms with Crippen molar-refractivity contribution in [2.24, 2.45) is 0 Å². The maximum atomic E-state index is 12.0. The van der Waals surface area contributed by atoms with E-state index in [0.29, 0.717) is 5.02 Å². The molecule has 0 spiro atoms. The summed E-state index contributed by atoms with van der Waals surface area (Å²) in [5.41, 5.74) is 5.75. The van der Waals surface area contributed by atoms with Crippen LogP contribution in [0.25, 0.3) is 0 Å². The summed E-state index contributed by atoms with van der Waals surface area (Å²) in [4.78, 5) is 0.00931. The normalized spacial score (nSPS) is 11.2. The molecule has 0 saturated carbocycles. The lowest BCUT2D eigenvalue weighted by atomic mass is 10.3. The van der Waals surface area contributed by atoms with Crippen molar-refractivity contribution in [1.29, 1.82) is 0 Å². The van der Waals surface area contributed by atoms with Crippen LogP contribution in [0.4, 0.5) is 11.5 Å². The lowest BCUT2D eigenvalue weighted by molar-refractivity contribution is 0.601. The number of nitrogen functional groups attached to an aromatic ring is 1. The number of hydrogen-bond acceptors (Lipinski definition) is 5. The van der Waals surface area contributed by atoms with Gasteiger partial charge in [0.25, 0.3) is 10.0 Å². The molecule has 1 aromatic carbocycles. The predicted octanol–water partition coefficient (Wildman–Crippen LogP) is 1.51. The Morgan fingerprint density at radius 1 is 1.28 bits per heavy atom. The zero-order valence-electron chi connectivity index (χ0n) is 9.04. The first-order valence-corrected chi connectivity index (χ1v) is 6.71. The summed E-state index contributed by atoms with van der Waals surface area (Å²) < 4.78 is 26.3. The molecule has 2 rings (SSSR count). The third kappa shape index (κ3) is 2.69. The fourth-order valence-corrected chi connectivity index (χ4v) is 2.39. The van der Waals surface area contributed by atoms with Crippen LogP contribution in [-0.4, -0.2) is 18.6 Å². The molecule has 18 heavy (non-hydrogen) atoms. The van der Waals surface area contributed by atoms with E-state index in [0.717, 1.165) is 0 Å². The highest BCUT2D eigenvalue weighted by Crippen LogP contribution is 2.23. The number of nitrogens with two attached hydrogens (primary N) is 1. The van der Waals surface area contributed by atoms with Crippen molar-refractivity contribution in [3.05, 3.63) is 41.6 Å². The van der Waals surface area contributed by atoms with Crippen LogP contribution in [0.5, 0.6) is 0 Å². The van der Waals surface area contributed by atoms with Gasteiger partial charge in [-0.2, -0.15) is 5.10 Å². The van der Waals surface area contributed by atoms with Gasteiger partial charge < -0.3 is 5.73 Å². The first-order valence-electron chi connectivity index (χ1n) is 4.84. The molecule has 6 nitrogen and oxygen atoms in total. The molecule has 3 N–H and O–H groups in total. The van der Waals surface area contributed by atoms with E-state index in [1.165, 1.54) is 30.5 Å². The third-order valence-corrected chi connectivity index (χ3v) is 3.79. The molecule has 0 aliphatic rings. The molecule has 2 aromatic rings. The van der Waals surface area contributed by atoms with E-state index in [1.807, 2.05) is 0 Å². The van der Waals surface area contributed by atoms with Crippen LogP contribution < -0.4 is 10.5 Å². The molecule has 0 atom stereocenters. The maximum Gasteiger partial charge on any atom is 0.263 e. The molecule has 0 amide bonds. The smallest absolute Gasteiger partial charge is 0.263 e. The Bertz CT molecular complexity index is 661. The molecule has 0 saturated heterocycles. The summed E-state index contributed by atoms with van der Waals surface area (Å²) in [6.07, 6.45) is 1.44. The summed E-state index contributed by atoms with van der Waals surface area (Å²) in [5, 5.41) is 7.50. The van der Waals surface area contributed by atoms with Gasteiger partial charge in [0.15, 0.2) is 5.82 Å². The molecule has 1 aromatic heterocycles. The molecule has 94 valence electrons. The fourth-order valence-electron chi connectivity index (χ4n) is 1.24. The number of sulfonamides is 1. The Hall–Kier alpha value is -1.86. The van der Waals surface area contributed by atoms with Gasteiger partial charge in [-0.1, -0.05) is 11.6 Å². The van der Waals surface area contributed by atoms with E-state index in [1.54, 1.807) is 6.07 Å². The van der Waals surface area contributed by atoms with Crippen molar-refractivity contribution in [2.45, 2.75) is 4.90 Å². The van der Waals surface area contributed by atoms with Gasteiger partial charge in [0.05, 0.1) is 15.6 Å². The summed E-state index contributed by atoms with van der Waals surface area (Å²) >= 11 is 5.73. The summed E-state index contributed by atoms with van der Waals surface area (Å²) in [7, 11) is -3.74. The monoisotopic (exact) mass is 284 g/mol. The van der Waals surface area contributed by atoms with E-state index in [-0.39, 0.29) is 16.4 Å². The van der Waals surface area contributed by atoms with Crippen molar-refractivity contribution < 1.29 is 8.42 Å². The maximum absolute atomic E-state index is 12.0. The van der Waals surface area contributed by atoms with E-state index in [9.17, 15) is 8.42 Å². The SMILES string of the molecule is Nc1cc(S(=O)(=O)Nc2cccnn2)ccc1Cl. The molecule has 0 radical (unpaired) electrons. The van der Waals surface area contributed by atoms with Gasteiger partial charge in [-0.25, -0.2) is 8.42 Å². The second-order valence-electron chi connectivity index (χ2n) is 3.40. The van der Waals surface area contributed by atoms with Gasteiger partial charge in [0.1, 0.15) is 0 Å². The second-order valence-corrected chi connectivity index (χ2v) is 5.49. The Labute approximate surface area is 109 Å². The highest BCUT2D eigenvalue weighted by Gasteiger charge is 2.15. The van der Waals surface area contributed by atoms with Crippen molar-refractivity contribution in [3.63, 3.8) is 0 Å². The van der Waals surface area contributed by atoms with Gasteiger partial charge in [0.2, 0.25) is 0 Å². The Kier molecular flexibility index (Phi) is 3.35. The van der Waals surface area contributed by atoms with Crippen molar-refractivity contribution in [1.82, 2.24) is 10.2 Å². The van der Waals surface area contributed by atoms with Gasteiger partial charge in [-0.15, -0.1) is 5.10 Å². The molecule has 0 aliphatic carbocycles. The van der Waals surface area contributed by atoms with Crippen LogP contribution in [0, 0.1) is 0 Å². The van der Waals surface area contributed by atoms with Crippen molar-refractivity contribution in [2.75, 3.05) is 10.5 Å². The number of benzene rings is 1. The van der Waals surface area contributed by atoms with Crippen LogP contribution in [-0.2, 0) is 10.0 Å². The van der Waals surface area contributed by atoms with E-state index < -0.39 is 10.0 Å². The Morgan fingerprint density at radius 3 is 2.67 bits per heavy atom. The van der Waals surface area contributed by atoms with E-state index in [4.69, 9.17) is 17.3 Å². The minimum Gasteiger partial charge on any atom is -0.397 e. The minimum absolute atomic E-state index is 0.00931. The summed E-state index contributed by atoms with van der Waals surface area (Å²) in [5.74, 6) is 0.131. The first kappa shape index (κ1) is 12.6. The third-order valence-electron chi connectivity index (χ3n) is 2.09. The number of nitrogens with zero attached hydrogens (tertiary/aromatic N) is 2. The zero-order valence-corrected chi connectivity index (χ0v) is 10.6.